The number of nitrogens with zero attached hydrogens (tertiary/aromatic N) is 4. The highest BCUT2D eigenvalue weighted by molar-refractivity contribution is 6.38. The molecular formula is C21H16N4. The summed E-state index contributed by atoms with van der Waals surface area (Å²) in [6, 6.07) is 23.7. The molecule has 0 spiro atoms. The molecule has 0 amide bonds. The van der Waals surface area contributed by atoms with Gasteiger partial charge in [-0.15, -0.1) is 0 Å². The van der Waals surface area contributed by atoms with E-state index in [0.717, 1.165) is 22.5 Å². The SMILES string of the molecule is C(=N\c1ccccc1)/C1=NC(c2cccnc2)=NC1c1ccccc1. The van der Waals surface area contributed by atoms with Gasteiger partial charge in [-0.2, -0.15) is 0 Å². The third kappa shape index (κ3) is 3.43. The van der Waals surface area contributed by atoms with Crippen molar-refractivity contribution in [2.24, 2.45) is 15.0 Å². The van der Waals surface area contributed by atoms with Gasteiger partial charge in [0.1, 0.15) is 6.04 Å². The predicted octanol–water partition coefficient (Wildman–Crippen LogP) is 4.43. The normalized spacial score (nSPS) is 16.7. The fourth-order valence-electron chi connectivity index (χ4n) is 2.67. The number of amidine groups is 1. The lowest BCUT2D eigenvalue weighted by atomic mass is 10.0. The van der Waals surface area contributed by atoms with E-state index >= 15 is 0 Å². The van der Waals surface area contributed by atoms with E-state index in [-0.39, 0.29) is 6.04 Å². The molecule has 1 aliphatic rings. The van der Waals surface area contributed by atoms with Gasteiger partial charge in [0.25, 0.3) is 0 Å². The predicted molar refractivity (Wildman–Crippen MR) is 102 cm³/mol. The highest BCUT2D eigenvalue weighted by atomic mass is 15.0. The Morgan fingerprint density at radius 1 is 0.840 bits per heavy atom. The van der Waals surface area contributed by atoms with Gasteiger partial charge in [-0.3, -0.25) is 15.0 Å². The molecule has 1 aliphatic heterocycles. The molecule has 0 N–H and O–H groups in total. The largest absolute Gasteiger partial charge is 0.264 e. The van der Waals surface area contributed by atoms with Crippen molar-refractivity contribution in [3.05, 3.63) is 96.3 Å². The van der Waals surface area contributed by atoms with Crippen molar-refractivity contribution in [2.75, 3.05) is 0 Å². The lowest BCUT2D eigenvalue weighted by Crippen LogP contribution is -2.08. The number of pyridine rings is 1. The molecule has 1 unspecified atom stereocenters. The third-order valence-corrected chi connectivity index (χ3v) is 3.90. The Labute approximate surface area is 146 Å². The van der Waals surface area contributed by atoms with Gasteiger partial charge in [0.15, 0.2) is 5.84 Å². The molecule has 1 aromatic heterocycles. The van der Waals surface area contributed by atoms with E-state index in [4.69, 9.17) is 9.98 Å². The monoisotopic (exact) mass is 324 g/mol. The highest BCUT2D eigenvalue weighted by Gasteiger charge is 2.23. The quantitative estimate of drug-likeness (QED) is 0.655. The fourth-order valence-corrected chi connectivity index (χ4v) is 2.67. The van der Waals surface area contributed by atoms with Crippen molar-refractivity contribution >= 4 is 23.4 Å². The molecule has 120 valence electrons. The number of benzene rings is 2. The van der Waals surface area contributed by atoms with E-state index in [1.165, 1.54) is 0 Å². The maximum absolute atomic E-state index is 4.80. The van der Waals surface area contributed by atoms with Gasteiger partial charge in [-0.1, -0.05) is 48.5 Å². The lowest BCUT2D eigenvalue weighted by Gasteiger charge is -2.07. The smallest absolute Gasteiger partial charge is 0.157 e. The standard InChI is InChI=1S/C21H16N4/c1-3-8-16(9-4-1)20-19(15-23-18-11-5-2-6-12-18)24-21(25-20)17-10-7-13-22-14-17/h1-15,20H/b23-15+. The molecular weight excluding hydrogens is 308 g/mol. The van der Waals surface area contributed by atoms with E-state index in [1.807, 2.05) is 60.7 Å². The molecule has 0 bridgehead atoms. The van der Waals surface area contributed by atoms with Crippen LogP contribution in [0.3, 0.4) is 0 Å². The first-order chi connectivity index (χ1) is 12.4. The van der Waals surface area contributed by atoms with Crippen molar-refractivity contribution in [1.29, 1.82) is 0 Å². The van der Waals surface area contributed by atoms with Crippen LogP contribution in [0.1, 0.15) is 17.2 Å². The Balaban J connectivity index is 1.70. The molecule has 0 fully saturated rings. The van der Waals surface area contributed by atoms with Gasteiger partial charge < -0.3 is 0 Å². The van der Waals surface area contributed by atoms with Gasteiger partial charge in [0, 0.05) is 18.0 Å². The van der Waals surface area contributed by atoms with E-state index in [1.54, 1.807) is 18.6 Å². The maximum atomic E-state index is 4.80. The number of rotatable bonds is 4. The fraction of sp³-hybridized carbons (Fsp3) is 0.0476. The van der Waals surface area contributed by atoms with E-state index in [9.17, 15) is 0 Å². The number of aromatic nitrogens is 1. The van der Waals surface area contributed by atoms with Crippen LogP contribution in [0.25, 0.3) is 0 Å². The molecule has 0 aliphatic carbocycles. The van der Waals surface area contributed by atoms with Gasteiger partial charge in [-0.05, 0) is 29.8 Å². The molecule has 2 aromatic carbocycles. The molecule has 25 heavy (non-hydrogen) atoms. The molecule has 4 heteroatoms. The molecule has 0 saturated heterocycles. The Morgan fingerprint density at radius 3 is 2.32 bits per heavy atom. The average Bonchev–Trinajstić information content (AvgIpc) is 3.13. The van der Waals surface area contributed by atoms with E-state index < -0.39 is 0 Å². The molecule has 0 radical (unpaired) electrons. The number of hydrogen-bond acceptors (Lipinski definition) is 4. The topological polar surface area (TPSA) is 50.0 Å². The summed E-state index contributed by atoms with van der Waals surface area (Å²) in [7, 11) is 0. The van der Waals surface area contributed by atoms with Crippen LogP contribution in [-0.4, -0.2) is 22.7 Å². The minimum absolute atomic E-state index is 0.149. The Bertz CT molecular complexity index is 929. The van der Waals surface area contributed by atoms with Gasteiger partial charge in [0.05, 0.1) is 17.6 Å². The zero-order chi connectivity index (χ0) is 16.9. The van der Waals surface area contributed by atoms with Crippen molar-refractivity contribution in [3.63, 3.8) is 0 Å². The summed E-state index contributed by atoms with van der Waals surface area (Å²) in [6.45, 7) is 0. The zero-order valence-corrected chi connectivity index (χ0v) is 13.5. The van der Waals surface area contributed by atoms with Crippen LogP contribution < -0.4 is 0 Å². The molecule has 4 rings (SSSR count). The second-order valence-electron chi connectivity index (χ2n) is 5.64. The summed E-state index contributed by atoms with van der Waals surface area (Å²) in [6.07, 6.45) is 5.33. The Hall–Kier alpha value is -3.40. The van der Waals surface area contributed by atoms with Crippen molar-refractivity contribution in [2.45, 2.75) is 6.04 Å². The Morgan fingerprint density at radius 2 is 1.60 bits per heavy atom. The average molecular weight is 324 g/mol. The maximum Gasteiger partial charge on any atom is 0.157 e. The second-order valence-corrected chi connectivity index (χ2v) is 5.64. The third-order valence-electron chi connectivity index (χ3n) is 3.90. The van der Waals surface area contributed by atoms with Crippen LogP contribution >= 0.6 is 0 Å². The second kappa shape index (κ2) is 7.01. The van der Waals surface area contributed by atoms with Gasteiger partial charge >= 0.3 is 0 Å². The van der Waals surface area contributed by atoms with Crippen LogP contribution in [0, 0.1) is 0 Å². The number of para-hydroxylation sites is 1. The van der Waals surface area contributed by atoms with Crippen LogP contribution in [0.4, 0.5) is 5.69 Å². The summed E-state index contributed by atoms with van der Waals surface area (Å²) in [5.41, 5.74) is 3.73. The van der Waals surface area contributed by atoms with Crippen molar-refractivity contribution in [3.8, 4) is 0 Å². The van der Waals surface area contributed by atoms with Gasteiger partial charge in [-0.25, -0.2) is 4.99 Å². The van der Waals surface area contributed by atoms with Crippen LogP contribution in [-0.2, 0) is 0 Å². The number of aliphatic imine (C=N–C) groups is 3. The molecule has 3 aromatic rings. The van der Waals surface area contributed by atoms with Crippen molar-refractivity contribution < 1.29 is 0 Å². The first kappa shape index (κ1) is 15.1. The minimum Gasteiger partial charge on any atom is -0.264 e. The highest BCUT2D eigenvalue weighted by Crippen LogP contribution is 2.25. The summed E-state index contributed by atoms with van der Waals surface area (Å²) < 4.78 is 0. The first-order valence-electron chi connectivity index (χ1n) is 8.11. The van der Waals surface area contributed by atoms with Crippen LogP contribution in [0.5, 0.6) is 0 Å². The minimum atomic E-state index is -0.149. The van der Waals surface area contributed by atoms with Crippen LogP contribution in [0.15, 0.2) is 100 Å². The zero-order valence-electron chi connectivity index (χ0n) is 13.5. The van der Waals surface area contributed by atoms with Crippen LogP contribution in [0.2, 0.25) is 0 Å². The van der Waals surface area contributed by atoms with Crippen molar-refractivity contribution in [1.82, 2.24) is 4.98 Å². The number of hydrogen-bond donors (Lipinski definition) is 0. The molecule has 4 nitrogen and oxygen atoms in total. The summed E-state index contributed by atoms with van der Waals surface area (Å²) >= 11 is 0. The lowest BCUT2D eigenvalue weighted by molar-refractivity contribution is 0.995. The Kier molecular flexibility index (Phi) is 4.25. The molecule has 0 saturated carbocycles. The van der Waals surface area contributed by atoms with E-state index in [2.05, 4.69) is 22.1 Å². The van der Waals surface area contributed by atoms with Gasteiger partial charge in [0.2, 0.25) is 0 Å². The first-order valence-corrected chi connectivity index (χ1v) is 8.11. The molecule has 1 atom stereocenters. The van der Waals surface area contributed by atoms with E-state index in [0.29, 0.717) is 5.84 Å². The summed E-state index contributed by atoms with van der Waals surface area (Å²) in [5, 5.41) is 0. The molecule has 2 heterocycles. The summed E-state index contributed by atoms with van der Waals surface area (Å²) in [4.78, 5) is 18.2. The summed E-state index contributed by atoms with van der Waals surface area (Å²) in [5.74, 6) is 0.691.